The van der Waals surface area contributed by atoms with Crippen molar-refractivity contribution in [3.05, 3.63) is 69.2 Å². The minimum atomic E-state index is -1.11. The summed E-state index contributed by atoms with van der Waals surface area (Å²) in [5.74, 6) is -1.11. The first-order valence-corrected chi connectivity index (χ1v) is 7.28. The molecule has 0 heterocycles. The lowest BCUT2D eigenvalue weighted by Gasteiger charge is -2.04. The van der Waals surface area contributed by atoms with Crippen LogP contribution < -0.4 is 0 Å². The second-order valence-electron chi connectivity index (χ2n) is 4.21. The van der Waals surface area contributed by atoms with Crippen LogP contribution in [0.25, 0.3) is 6.08 Å². The Labute approximate surface area is 135 Å². The Bertz CT molecular complexity index is 744. The van der Waals surface area contributed by atoms with E-state index >= 15 is 0 Å². The molecule has 5 nitrogen and oxygen atoms in total. The standard InChI is InChI=1S/C15H10ClNO4S/c16-11-3-5-12(6-4-11)22-14-7-1-10(2-8-15(18)19)9-13(14)17(20)21/h1-9H,(H,18,19)/b8-2+. The highest BCUT2D eigenvalue weighted by Gasteiger charge is 2.15. The van der Waals surface area contributed by atoms with Crippen LogP contribution in [0.4, 0.5) is 5.69 Å². The number of halogens is 1. The molecule has 0 aliphatic rings. The molecule has 0 unspecified atom stereocenters. The normalized spacial score (nSPS) is 10.8. The molecular weight excluding hydrogens is 326 g/mol. The van der Waals surface area contributed by atoms with Crippen LogP contribution in [0, 0.1) is 10.1 Å². The predicted octanol–water partition coefficient (Wildman–Crippen LogP) is 4.50. The summed E-state index contributed by atoms with van der Waals surface area (Å²) in [6.45, 7) is 0. The van der Waals surface area contributed by atoms with Gasteiger partial charge in [0.2, 0.25) is 0 Å². The Hall–Kier alpha value is -2.31. The van der Waals surface area contributed by atoms with Crippen LogP contribution in [0.1, 0.15) is 5.56 Å². The zero-order valence-electron chi connectivity index (χ0n) is 11.1. The van der Waals surface area contributed by atoms with Crippen molar-refractivity contribution in [2.24, 2.45) is 0 Å². The van der Waals surface area contributed by atoms with Crippen LogP contribution in [0.15, 0.2) is 58.3 Å². The van der Waals surface area contributed by atoms with Gasteiger partial charge in [-0.1, -0.05) is 29.4 Å². The summed E-state index contributed by atoms with van der Waals surface area (Å²) in [5.41, 5.74) is 0.377. The van der Waals surface area contributed by atoms with Crippen LogP contribution in [-0.2, 0) is 4.79 Å². The van der Waals surface area contributed by atoms with Crippen LogP contribution in [0.3, 0.4) is 0 Å². The summed E-state index contributed by atoms with van der Waals surface area (Å²) in [6, 6.07) is 11.5. The topological polar surface area (TPSA) is 80.4 Å². The lowest BCUT2D eigenvalue weighted by atomic mass is 10.2. The molecule has 2 rings (SSSR count). The summed E-state index contributed by atoms with van der Waals surface area (Å²) in [7, 11) is 0. The van der Waals surface area contributed by atoms with Gasteiger partial charge in [-0.3, -0.25) is 10.1 Å². The van der Waals surface area contributed by atoms with Crippen molar-refractivity contribution < 1.29 is 14.8 Å². The average molecular weight is 336 g/mol. The Morgan fingerprint density at radius 1 is 1.23 bits per heavy atom. The fraction of sp³-hybridized carbons (Fsp3) is 0. The molecule has 0 amide bonds. The number of hydrogen-bond acceptors (Lipinski definition) is 4. The zero-order valence-corrected chi connectivity index (χ0v) is 12.7. The Morgan fingerprint density at radius 2 is 1.91 bits per heavy atom. The van der Waals surface area contributed by atoms with Gasteiger partial charge in [0.05, 0.1) is 9.82 Å². The van der Waals surface area contributed by atoms with Gasteiger partial charge in [-0.2, -0.15) is 0 Å². The highest BCUT2D eigenvalue weighted by molar-refractivity contribution is 7.99. The van der Waals surface area contributed by atoms with E-state index in [1.807, 2.05) is 0 Å². The Kier molecular flexibility index (Phi) is 5.19. The van der Waals surface area contributed by atoms with E-state index in [1.165, 1.54) is 23.9 Å². The molecule has 7 heteroatoms. The molecule has 0 atom stereocenters. The predicted molar refractivity (Wildman–Crippen MR) is 85.3 cm³/mol. The van der Waals surface area contributed by atoms with Gasteiger partial charge in [0, 0.05) is 22.1 Å². The molecule has 0 aromatic heterocycles. The van der Waals surface area contributed by atoms with Gasteiger partial charge in [-0.25, -0.2) is 4.79 Å². The smallest absolute Gasteiger partial charge is 0.328 e. The number of nitro benzene ring substituents is 1. The first kappa shape index (κ1) is 16.1. The first-order chi connectivity index (χ1) is 10.5. The monoisotopic (exact) mass is 335 g/mol. The highest BCUT2D eigenvalue weighted by atomic mass is 35.5. The number of carboxylic acids is 1. The van der Waals surface area contributed by atoms with Crippen molar-refractivity contribution in [1.82, 2.24) is 0 Å². The van der Waals surface area contributed by atoms with E-state index in [9.17, 15) is 14.9 Å². The second kappa shape index (κ2) is 7.11. The maximum atomic E-state index is 11.2. The minimum Gasteiger partial charge on any atom is -0.478 e. The van der Waals surface area contributed by atoms with Gasteiger partial charge >= 0.3 is 5.97 Å². The van der Waals surface area contributed by atoms with E-state index in [4.69, 9.17) is 16.7 Å². The fourth-order valence-electron chi connectivity index (χ4n) is 1.66. The maximum absolute atomic E-state index is 11.2. The van der Waals surface area contributed by atoms with Gasteiger partial charge in [0.25, 0.3) is 5.69 Å². The van der Waals surface area contributed by atoms with Crippen LogP contribution >= 0.6 is 23.4 Å². The summed E-state index contributed by atoms with van der Waals surface area (Å²) in [6.07, 6.45) is 2.25. The van der Waals surface area contributed by atoms with Gasteiger partial charge in [-0.05, 0) is 42.0 Å². The van der Waals surface area contributed by atoms with Gasteiger partial charge < -0.3 is 5.11 Å². The van der Waals surface area contributed by atoms with Gasteiger partial charge in [0.1, 0.15) is 0 Å². The molecule has 22 heavy (non-hydrogen) atoms. The van der Waals surface area contributed by atoms with Gasteiger partial charge in [-0.15, -0.1) is 0 Å². The number of nitro groups is 1. The molecule has 0 aliphatic heterocycles. The molecule has 0 saturated heterocycles. The number of benzene rings is 2. The molecule has 112 valence electrons. The molecule has 0 fully saturated rings. The number of aliphatic carboxylic acids is 1. The fourth-order valence-corrected chi connectivity index (χ4v) is 2.69. The van der Waals surface area contributed by atoms with Crippen LogP contribution in [0.2, 0.25) is 5.02 Å². The molecule has 0 aliphatic carbocycles. The number of carboxylic acid groups (broad SMARTS) is 1. The molecule has 2 aromatic carbocycles. The Morgan fingerprint density at radius 3 is 2.50 bits per heavy atom. The van der Waals surface area contributed by atoms with Crippen molar-refractivity contribution in [3.8, 4) is 0 Å². The molecule has 0 radical (unpaired) electrons. The molecule has 2 aromatic rings. The zero-order chi connectivity index (χ0) is 16.1. The van der Waals surface area contributed by atoms with Gasteiger partial charge in [0.15, 0.2) is 0 Å². The van der Waals surface area contributed by atoms with E-state index in [1.54, 1.807) is 36.4 Å². The largest absolute Gasteiger partial charge is 0.478 e. The summed E-state index contributed by atoms with van der Waals surface area (Å²) >= 11 is 7.05. The van der Waals surface area contributed by atoms with Crippen molar-refractivity contribution >= 4 is 41.1 Å². The number of nitrogens with zero attached hydrogens (tertiary/aromatic N) is 1. The van der Waals surface area contributed by atoms with E-state index in [-0.39, 0.29) is 5.69 Å². The summed E-state index contributed by atoms with van der Waals surface area (Å²) < 4.78 is 0. The Balaban J connectivity index is 2.32. The van der Waals surface area contributed by atoms with Crippen LogP contribution in [-0.4, -0.2) is 16.0 Å². The number of hydrogen-bond donors (Lipinski definition) is 1. The maximum Gasteiger partial charge on any atom is 0.328 e. The first-order valence-electron chi connectivity index (χ1n) is 6.08. The third-order valence-electron chi connectivity index (χ3n) is 2.64. The van der Waals surface area contributed by atoms with E-state index < -0.39 is 10.9 Å². The number of carbonyl (C=O) groups is 1. The van der Waals surface area contributed by atoms with E-state index in [0.717, 1.165) is 11.0 Å². The second-order valence-corrected chi connectivity index (χ2v) is 5.76. The summed E-state index contributed by atoms with van der Waals surface area (Å²) in [5, 5.41) is 20.4. The lowest BCUT2D eigenvalue weighted by Crippen LogP contribution is -1.92. The van der Waals surface area contributed by atoms with Crippen molar-refractivity contribution in [3.63, 3.8) is 0 Å². The van der Waals surface area contributed by atoms with E-state index in [2.05, 4.69) is 0 Å². The molecule has 0 spiro atoms. The van der Waals surface area contributed by atoms with Crippen molar-refractivity contribution in [2.75, 3.05) is 0 Å². The molecule has 0 saturated carbocycles. The highest BCUT2D eigenvalue weighted by Crippen LogP contribution is 2.35. The summed E-state index contributed by atoms with van der Waals surface area (Å²) in [4.78, 5) is 22.5. The third-order valence-corrected chi connectivity index (χ3v) is 3.96. The number of rotatable bonds is 5. The van der Waals surface area contributed by atoms with Crippen molar-refractivity contribution in [2.45, 2.75) is 9.79 Å². The molecular formula is C15H10ClNO4S. The lowest BCUT2D eigenvalue weighted by molar-refractivity contribution is -0.387. The average Bonchev–Trinajstić information content (AvgIpc) is 2.48. The molecule has 0 bridgehead atoms. The third kappa shape index (κ3) is 4.34. The molecule has 1 N–H and O–H groups in total. The van der Waals surface area contributed by atoms with E-state index in [0.29, 0.717) is 15.5 Å². The minimum absolute atomic E-state index is 0.0764. The van der Waals surface area contributed by atoms with Crippen LogP contribution in [0.5, 0.6) is 0 Å². The van der Waals surface area contributed by atoms with Crippen molar-refractivity contribution in [1.29, 1.82) is 0 Å². The quantitative estimate of drug-likeness (QED) is 0.494. The SMILES string of the molecule is O=C(O)/C=C/c1ccc(Sc2ccc(Cl)cc2)c([N+](=O)[O-])c1.